The van der Waals surface area contributed by atoms with E-state index in [0.717, 1.165) is 31.8 Å². The first kappa shape index (κ1) is 14.0. The van der Waals surface area contributed by atoms with E-state index in [2.05, 4.69) is 41.6 Å². The zero-order valence-corrected chi connectivity index (χ0v) is 11.1. The molecule has 0 atom stereocenters. The minimum absolute atomic E-state index is 0.530. The lowest BCUT2D eigenvalue weighted by molar-refractivity contribution is 0.475. The van der Waals surface area contributed by atoms with E-state index in [0.29, 0.717) is 18.5 Å². The number of hydrogen-bond donors (Lipinski definition) is 2. The molecule has 0 saturated heterocycles. The molecule has 98 valence electrons. The molecule has 0 saturated carbocycles. The van der Waals surface area contributed by atoms with Crippen molar-refractivity contribution in [1.82, 2.24) is 15.5 Å². The van der Waals surface area contributed by atoms with Crippen LogP contribution in [0.3, 0.4) is 0 Å². The van der Waals surface area contributed by atoms with E-state index in [1.165, 1.54) is 6.42 Å². The van der Waals surface area contributed by atoms with Gasteiger partial charge < -0.3 is 15.1 Å². The van der Waals surface area contributed by atoms with Gasteiger partial charge in [0.15, 0.2) is 0 Å². The smallest absolute Gasteiger partial charge is 0.315 e. The van der Waals surface area contributed by atoms with Crippen molar-refractivity contribution in [2.24, 2.45) is 5.92 Å². The quantitative estimate of drug-likeness (QED) is 0.649. The largest absolute Gasteiger partial charge is 0.407 e. The Balaban J connectivity index is 2.16. The number of anilines is 1. The third kappa shape index (κ3) is 6.26. The molecule has 0 fully saturated rings. The molecule has 0 aliphatic rings. The van der Waals surface area contributed by atoms with Gasteiger partial charge in [0.2, 0.25) is 5.89 Å². The minimum atomic E-state index is 0.530. The fourth-order valence-electron chi connectivity index (χ4n) is 1.47. The Hall–Kier alpha value is -1.10. The van der Waals surface area contributed by atoms with Gasteiger partial charge in [-0.05, 0) is 31.7 Å². The molecule has 0 bridgehead atoms. The first-order chi connectivity index (χ1) is 8.22. The van der Waals surface area contributed by atoms with Gasteiger partial charge in [-0.1, -0.05) is 25.9 Å². The topological polar surface area (TPSA) is 63.0 Å². The Morgan fingerprint density at radius 3 is 2.76 bits per heavy atom. The second-order valence-electron chi connectivity index (χ2n) is 4.64. The SMILES string of the molecule is CCCNCc1nnc(NCCCC(C)C)o1. The number of aromatic nitrogens is 2. The molecule has 0 aromatic carbocycles. The molecule has 2 N–H and O–H groups in total. The second-order valence-corrected chi connectivity index (χ2v) is 4.64. The van der Waals surface area contributed by atoms with Crippen LogP contribution in [-0.2, 0) is 6.54 Å². The van der Waals surface area contributed by atoms with Gasteiger partial charge in [-0.15, -0.1) is 5.10 Å². The molecule has 17 heavy (non-hydrogen) atoms. The molecule has 0 radical (unpaired) electrons. The number of nitrogens with one attached hydrogen (secondary N) is 2. The average Bonchev–Trinajstić information content (AvgIpc) is 2.73. The van der Waals surface area contributed by atoms with Gasteiger partial charge in [0.1, 0.15) is 0 Å². The molecule has 0 amide bonds. The van der Waals surface area contributed by atoms with Crippen molar-refractivity contribution >= 4 is 6.01 Å². The maximum atomic E-state index is 5.44. The highest BCUT2D eigenvalue weighted by Gasteiger charge is 2.04. The Kier molecular flexibility index (Phi) is 6.62. The summed E-state index contributed by atoms with van der Waals surface area (Å²) < 4.78 is 5.44. The van der Waals surface area contributed by atoms with Crippen molar-refractivity contribution < 1.29 is 4.42 Å². The van der Waals surface area contributed by atoms with E-state index < -0.39 is 0 Å². The van der Waals surface area contributed by atoms with E-state index in [9.17, 15) is 0 Å². The molecular weight excluding hydrogens is 216 g/mol. The van der Waals surface area contributed by atoms with Gasteiger partial charge in [-0.25, -0.2) is 0 Å². The fourth-order valence-corrected chi connectivity index (χ4v) is 1.47. The minimum Gasteiger partial charge on any atom is -0.407 e. The predicted molar refractivity (Wildman–Crippen MR) is 68.9 cm³/mol. The molecular formula is C12H24N4O. The van der Waals surface area contributed by atoms with Crippen LogP contribution in [0.1, 0.15) is 45.9 Å². The fraction of sp³-hybridized carbons (Fsp3) is 0.833. The summed E-state index contributed by atoms with van der Waals surface area (Å²) in [4.78, 5) is 0. The lowest BCUT2D eigenvalue weighted by Gasteiger charge is -2.03. The maximum absolute atomic E-state index is 5.44. The van der Waals surface area contributed by atoms with Crippen molar-refractivity contribution in [1.29, 1.82) is 0 Å². The Labute approximate surface area is 103 Å². The van der Waals surface area contributed by atoms with Gasteiger partial charge in [0.05, 0.1) is 6.54 Å². The standard InChI is InChI=1S/C12H24N4O/c1-4-7-13-9-11-15-16-12(17-11)14-8-5-6-10(2)3/h10,13H,4-9H2,1-3H3,(H,14,16). The van der Waals surface area contributed by atoms with Crippen LogP contribution >= 0.6 is 0 Å². The van der Waals surface area contributed by atoms with Crippen LogP contribution in [0.2, 0.25) is 0 Å². The molecule has 0 aliphatic carbocycles. The van der Waals surface area contributed by atoms with Gasteiger partial charge in [0.25, 0.3) is 0 Å². The first-order valence-corrected chi connectivity index (χ1v) is 6.49. The highest BCUT2D eigenvalue weighted by atomic mass is 16.4. The third-order valence-corrected chi connectivity index (χ3v) is 2.40. The second kappa shape index (κ2) is 8.06. The lowest BCUT2D eigenvalue weighted by atomic mass is 10.1. The highest BCUT2D eigenvalue weighted by Crippen LogP contribution is 2.07. The summed E-state index contributed by atoms with van der Waals surface area (Å²) in [6, 6.07) is 0.530. The Morgan fingerprint density at radius 2 is 2.06 bits per heavy atom. The summed E-state index contributed by atoms with van der Waals surface area (Å²) in [5.74, 6) is 1.39. The van der Waals surface area contributed by atoms with Gasteiger partial charge in [-0.2, -0.15) is 0 Å². The Bertz CT molecular complexity index is 298. The molecule has 0 unspecified atom stereocenters. The van der Waals surface area contributed by atoms with Crippen LogP contribution in [-0.4, -0.2) is 23.3 Å². The summed E-state index contributed by atoms with van der Waals surface area (Å²) in [6.45, 7) is 9.09. The molecule has 1 heterocycles. The molecule has 0 spiro atoms. The summed E-state index contributed by atoms with van der Waals surface area (Å²) in [6.07, 6.45) is 3.45. The van der Waals surface area contributed by atoms with Gasteiger partial charge in [0, 0.05) is 6.54 Å². The van der Waals surface area contributed by atoms with Crippen LogP contribution in [0.15, 0.2) is 4.42 Å². The maximum Gasteiger partial charge on any atom is 0.315 e. The van der Waals surface area contributed by atoms with Crippen molar-refractivity contribution in [3.8, 4) is 0 Å². The summed E-state index contributed by atoms with van der Waals surface area (Å²) in [5, 5.41) is 14.3. The number of hydrogen-bond acceptors (Lipinski definition) is 5. The van der Waals surface area contributed by atoms with E-state index >= 15 is 0 Å². The van der Waals surface area contributed by atoms with E-state index in [1.807, 2.05) is 0 Å². The van der Waals surface area contributed by atoms with Crippen LogP contribution in [0.4, 0.5) is 6.01 Å². The molecule has 5 heteroatoms. The monoisotopic (exact) mass is 240 g/mol. The van der Waals surface area contributed by atoms with Crippen molar-refractivity contribution in [2.75, 3.05) is 18.4 Å². The zero-order chi connectivity index (χ0) is 12.5. The first-order valence-electron chi connectivity index (χ1n) is 6.49. The normalized spacial score (nSPS) is 11.1. The lowest BCUT2D eigenvalue weighted by Crippen LogP contribution is -2.13. The van der Waals surface area contributed by atoms with Gasteiger partial charge >= 0.3 is 6.01 Å². The zero-order valence-electron chi connectivity index (χ0n) is 11.1. The van der Waals surface area contributed by atoms with Crippen molar-refractivity contribution in [3.05, 3.63) is 5.89 Å². The number of rotatable bonds is 9. The Morgan fingerprint density at radius 1 is 1.24 bits per heavy atom. The average molecular weight is 240 g/mol. The van der Waals surface area contributed by atoms with Crippen molar-refractivity contribution in [2.45, 2.75) is 46.6 Å². The van der Waals surface area contributed by atoms with E-state index in [4.69, 9.17) is 4.42 Å². The van der Waals surface area contributed by atoms with E-state index in [-0.39, 0.29) is 0 Å². The summed E-state index contributed by atoms with van der Waals surface area (Å²) in [7, 11) is 0. The van der Waals surface area contributed by atoms with E-state index in [1.54, 1.807) is 0 Å². The van der Waals surface area contributed by atoms with Crippen molar-refractivity contribution in [3.63, 3.8) is 0 Å². The van der Waals surface area contributed by atoms with Crippen LogP contribution in [0, 0.1) is 5.92 Å². The number of nitrogens with zero attached hydrogens (tertiary/aromatic N) is 2. The van der Waals surface area contributed by atoms with Gasteiger partial charge in [-0.3, -0.25) is 0 Å². The summed E-state index contributed by atoms with van der Waals surface area (Å²) in [5.41, 5.74) is 0. The van der Waals surface area contributed by atoms with Crippen LogP contribution < -0.4 is 10.6 Å². The summed E-state index contributed by atoms with van der Waals surface area (Å²) >= 11 is 0. The molecule has 1 rings (SSSR count). The third-order valence-electron chi connectivity index (χ3n) is 2.40. The van der Waals surface area contributed by atoms with Crippen LogP contribution in [0.5, 0.6) is 0 Å². The molecule has 1 aromatic heterocycles. The van der Waals surface area contributed by atoms with Crippen LogP contribution in [0.25, 0.3) is 0 Å². The molecule has 0 aliphatic heterocycles. The highest BCUT2D eigenvalue weighted by molar-refractivity contribution is 5.16. The predicted octanol–water partition coefficient (Wildman–Crippen LogP) is 2.42. The molecule has 5 nitrogen and oxygen atoms in total. The molecule has 1 aromatic rings.